The fourth-order valence-corrected chi connectivity index (χ4v) is 2.23. The highest BCUT2D eigenvalue weighted by atomic mass is 16.5. The Morgan fingerprint density at radius 3 is 2.52 bits per heavy atom. The Balaban J connectivity index is 2.07. The number of hydrogen-bond donors (Lipinski definition) is 0. The second kappa shape index (κ2) is 6.97. The number of likely N-dealkylation sites (tertiary alicyclic amines) is 1. The van der Waals surface area contributed by atoms with Crippen LogP contribution in [0.1, 0.15) is 23.2 Å². The van der Waals surface area contributed by atoms with E-state index >= 15 is 0 Å². The van der Waals surface area contributed by atoms with Crippen molar-refractivity contribution in [2.75, 3.05) is 33.9 Å². The molecule has 21 heavy (non-hydrogen) atoms. The number of carbonyl (C=O) groups excluding carboxylic acids is 2. The molecule has 1 saturated heterocycles. The van der Waals surface area contributed by atoms with Gasteiger partial charge in [-0.1, -0.05) is 0 Å². The second-order valence-electron chi connectivity index (χ2n) is 4.73. The molecule has 0 aromatic heterocycles. The second-order valence-corrected chi connectivity index (χ2v) is 4.73. The number of benzene rings is 1. The molecule has 1 fully saturated rings. The Kier molecular flexibility index (Phi) is 5.03. The molecule has 1 amide bonds. The van der Waals surface area contributed by atoms with Gasteiger partial charge in [-0.15, -0.1) is 0 Å². The zero-order chi connectivity index (χ0) is 15.2. The summed E-state index contributed by atoms with van der Waals surface area (Å²) in [5, 5.41) is 0. The van der Waals surface area contributed by atoms with Gasteiger partial charge in [0.15, 0.2) is 6.61 Å². The molecule has 0 radical (unpaired) electrons. The van der Waals surface area contributed by atoms with Gasteiger partial charge in [-0.25, -0.2) is 4.79 Å². The van der Waals surface area contributed by atoms with Crippen LogP contribution in [0.25, 0.3) is 0 Å². The molecule has 0 atom stereocenters. The van der Waals surface area contributed by atoms with E-state index in [0.717, 1.165) is 25.9 Å². The summed E-state index contributed by atoms with van der Waals surface area (Å²) in [5.74, 6) is 0.237. The van der Waals surface area contributed by atoms with Crippen molar-refractivity contribution in [1.82, 2.24) is 4.90 Å². The Hall–Kier alpha value is -2.24. The minimum Gasteiger partial charge on any atom is -0.497 e. The predicted octanol–water partition coefficient (Wildman–Crippen LogP) is 1.48. The average Bonchev–Trinajstić information content (AvgIpc) is 3.06. The van der Waals surface area contributed by atoms with Crippen LogP contribution in [0.5, 0.6) is 11.5 Å². The van der Waals surface area contributed by atoms with Gasteiger partial charge in [0, 0.05) is 13.1 Å². The normalized spacial score (nSPS) is 13.9. The number of carbonyl (C=O) groups is 2. The van der Waals surface area contributed by atoms with E-state index in [-0.39, 0.29) is 18.1 Å². The van der Waals surface area contributed by atoms with E-state index in [2.05, 4.69) is 0 Å². The molecule has 114 valence electrons. The molecule has 1 aliphatic rings. The molecule has 0 saturated carbocycles. The van der Waals surface area contributed by atoms with E-state index in [1.807, 2.05) is 0 Å². The number of methoxy groups -OCH3 is 2. The lowest BCUT2D eigenvalue weighted by Gasteiger charge is -2.16. The van der Waals surface area contributed by atoms with Crippen LogP contribution >= 0.6 is 0 Å². The minimum absolute atomic E-state index is 0.0702. The molecule has 6 nitrogen and oxygen atoms in total. The van der Waals surface area contributed by atoms with Crippen LogP contribution in [-0.4, -0.2) is 50.7 Å². The summed E-state index contributed by atoms with van der Waals surface area (Å²) in [6, 6.07) is 4.80. The van der Waals surface area contributed by atoms with Crippen molar-refractivity contribution in [1.29, 1.82) is 0 Å². The molecule has 0 bridgehead atoms. The molecule has 1 aromatic carbocycles. The lowest BCUT2D eigenvalue weighted by atomic mass is 10.2. The number of nitrogens with zero attached hydrogens (tertiary/aromatic N) is 1. The molecule has 2 rings (SSSR count). The molecule has 0 N–H and O–H groups in total. The third kappa shape index (κ3) is 3.65. The third-order valence-corrected chi connectivity index (χ3v) is 3.40. The lowest BCUT2D eigenvalue weighted by Crippen LogP contribution is -2.32. The van der Waals surface area contributed by atoms with Gasteiger partial charge in [0.25, 0.3) is 5.91 Å². The van der Waals surface area contributed by atoms with E-state index in [1.165, 1.54) is 20.3 Å². The first-order chi connectivity index (χ1) is 10.2. The van der Waals surface area contributed by atoms with Crippen molar-refractivity contribution < 1.29 is 23.8 Å². The van der Waals surface area contributed by atoms with E-state index < -0.39 is 5.97 Å². The maximum absolute atomic E-state index is 12.0. The Bertz CT molecular complexity index is 523. The van der Waals surface area contributed by atoms with Crippen LogP contribution < -0.4 is 9.47 Å². The van der Waals surface area contributed by atoms with Gasteiger partial charge in [-0.05, 0) is 31.0 Å². The number of amides is 1. The molecule has 1 heterocycles. The fraction of sp³-hybridized carbons (Fsp3) is 0.467. The molecule has 0 unspecified atom stereocenters. The molecular weight excluding hydrogens is 274 g/mol. The molecule has 0 spiro atoms. The highest BCUT2D eigenvalue weighted by molar-refractivity contribution is 5.93. The Morgan fingerprint density at radius 1 is 1.19 bits per heavy atom. The van der Waals surface area contributed by atoms with Crippen molar-refractivity contribution in [2.24, 2.45) is 0 Å². The monoisotopic (exact) mass is 293 g/mol. The zero-order valence-electron chi connectivity index (χ0n) is 12.3. The average molecular weight is 293 g/mol. The summed E-state index contributed by atoms with van der Waals surface area (Å²) >= 11 is 0. The number of rotatable bonds is 5. The first-order valence-electron chi connectivity index (χ1n) is 6.82. The maximum atomic E-state index is 12.0. The number of ether oxygens (including phenoxy) is 3. The standard InChI is InChI=1S/C15H19NO5/c1-19-11-5-6-13(12(9-11)15(18)20-2)21-10-14(17)16-7-3-4-8-16/h5-6,9H,3-4,7-8,10H2,1-2H3. The van der Waals surface area contributed by atoms with E-state index in [4.69, 9.17) is 14.2 Å². The van der Waals surface area contributed by atoms with Crippen LogP contribution in [-0.2, 0) is 9.53 Å². The molecule has 1 aromatic rings. The quantitative estimate of drug-likeness (QED) is 0.769. The van der Waals surface area contributed by atoms with Crippen molar-refractivity contribution in [3.63, 3.8) is 0 Å². The fourth-order valence-electron chi connectivity index (χ4n) is 2.23. The zero-order valence-corrected chi connectivity index (χ0v) is 12.3. The summed E-state index contributed by atoms with van der Waals surface area (Å²) in [5.41, 5.74) is 0.242. The summed E-state index contributed by atoms with van der Waals surface area (Å²) < 4.78 is 15.3. The van der Waals surface area contributed by atoms with Crippen LogP contribution in [0, 0.1) is 0 Å². The van der Waals surface area contributed by atoms with Crippen molar-refractivity contribution in [3.05, 3.63) is 23.8 Å². The topological polar surface area (TPSA) is 65.1 Å². The van der Waals surface area contributed by atoms with Crippen LogP contribution in [0.15, 0.2) is 18.2 Å². The highest BCUT2D eigenvalue weighted by Gasteiger charge is 2.20. The summed E-state index contributed by atoms with van der Waals surface area (Å²) in [7, 11) is 2.80. The van der Waals surface area contributed by atoms with E-state index in [0.29, 0.717) is 11.5 Å². The van der Waals surface area contributed by atoms with Crippen molar-refractivity contribution in [3.8, 4) is 11.5 Å². The Morgan fingerprint density at radius 2 is 1.90 bits per heavy atom. The Labute approximate surface area is 123 Å². The van der Waals surface area contributed by atoms with Crippen molar-refractivity contribution >= 4 is 11.9 Å². The van der Waals surface area contributed by atoms with Crippen LogP contribution in [0.3, 0.4) is 0 Å². The van der Waals surface area contributed by atoms with Gasteiger partial charge < -0.3 is 19.1 Å². The van der Waals surface area contributed by atoms with Gasteiger partial charge in [0.05, 0.1) is 14.2 Å². The lowest BCUT2D eigenvalue weighted by molar-refractivity contribution is -0.132. The highest BCUT2D eigenvalue weighted by Crippen LogP contribution is 2.25. The summed E-state index contributed by atoms with van der Waals surface area (Å²) in [6.07, 6.45) is 2.06. The first kappa shape index (κ1) is 15.2. The first-order valence-corrected chi connectivity index (χ1v) is 6.82. The third-order valence-electron chi connectivity index (χ3n) is 3.40. The van der Waals surface area contributed by atoms with Gasteiger partial charge in [0.1, 0.15) is 17.1 Å². The largest absolute Gasteiger partial charge is 0.497 e. The molecular formula is C15H19NO5. The van der Waals surface area contributed by atoms with Crippen molar-refractivity contribution in [2.45, 2.75) is 12.8 Å². The van der Waals surface area contributed by atoms with Crippen LogP contribution in [0.2, 0.25) is 0 Å². The maximum Gasteiger partial charge on any atom is 0.341 e. The predicted molar refractivity (Wildman–Crippen MR) is 75.6 cm³/mol. The summed E-state index contributed by atoms with van der Waals surface area (Å²) in [4.78, 5) is 25.5. The molecule has 6 heteroatoms. The van der Waals surface area contributed by atoms with Gasteiger partial charge in [0.2, 0.25) is 0 Å². The van der Waals surface area contributed by atoms with Gasteiger partial charge in [-0.3, -0.25) is 4.79 Å². The summed E-state index contributed by atoms with van der Waals surface area (Å²) in [6.45, 7) is 1.46. The molecule has 0 aliphatic carbocycles. The number of esters is 1. The molecule has 1 aliphatic heterocycles. The van der Waals surface area contributed by atoms with E-state index in [1.54, 1.807) is 17.0 Å². The minimum atomic E-state index is -0.530. The number of hydrogen-bond acceptors (Lipinski definition) is 5. The SMILES string of the molecule is COC(=O)c1cc(OC)ccc1OCC(=O)N1CCCC1. The van der Waals surface area contributed by atoms with Crippen LogP contribution in [0.4, 0.5) is 0 Å². The van der Waals surface area contributed by atoms with Gasteiger partial charge in [-0.2, -0.15) is 0 Å². The smallest absolute Gasteiger partial charge is 0.341 e. The van der Waals surface area contributed by atoms with Gasteiger partial charge >= 0.3 is 5.97 Å². The van der Waals surface area contributed by atoms with E-state index in [9.17, 15) is 9.59 Å².